The van der Waals surface area contributed by atoms with E-state index in [1.165, 1.54) is 20.3 Å². The molecule has 0 atom stereocenters. The summed E-state index contributed by atoms with van der Waals surface area (Å²) in [6, 6.07) is 11.0. The Morgan fingerprint density at radius 1 is 1.17 bits per heavy atom. The third-order valence-electron chi connectivity index (χ3n) is 3.59. The van der Waals surface area contributed by atoms with Gasteiger partial charge in [0.15, 0.2) is 5.78 Å². The van der Waals surface area contributed by atoms with E-state index in [9.17, 15) is 9.90 Å². The molecule has 0 unspecified atom stereocenters. The third kappa shape index (κ3) is 3.66. The lowest BCUT2D eigenvalue weighted by molar-refractivity contribution is 0.104. The molecule has 2 rings (SSSR count). The van der Waals surface area contributed by atoms with Gasteiger partial charge in [0, 0.05) is 11.6 Å². The fraction of sp³-hybridized carbons (Fsp3) is 0.150. The van der Waals surface area contributed by atoms with Crippen molar-refractivity contribution < 1.29 is 19.4 Å². The van der Waals surface area contributed by atoms with Gasteiger partial charge in [-0.3, -0.25) is 4.79 Å². The molecule has 0 fully saturated rings. The number of hydrogen-bond acceptors (Lipinski definition) is 4. The van der Waals surface area contributed by atoms with Gasteiger partial charge >= 0.3 is 0 Å². The van der Waals surface area contributed by atoms with E-state index in [0.29, 0.717) is 17.7 Å². The van der Waals surface area contributed by atoms with E-state index in [1.54, 1.807) is 18.2 Å². The van der Waals surface area contributed by atoms with Gasteiger partial charge in [0.25, 0.3) is 0 Å². The van der Waals surface area contributed by atoms with Crippen molar-refractivity contribution in [2.24, 2.45) is 0 Å². The standard InChI is InChI=1S/C20H20O4/c1-4-8-15-17(23-2)13-18(24-3)19(20(15)22)16(21)12-11-14-9-6-5-7-10-14/h4-7,9-13,22H,1,8H2,2-3H3/b12-11+. The predicted molar refractivity (Wildman–Crippen MR) is 94.9 cm³/mol. The van der Waals surface area contributed by atoms with Gasteiger partial charge in [-0.1, -0.05) is 42.5 Å². The van der Waals surface area contributed by atoms with Crippen LogP contribution in [0.1, 0.15) is 21.5 Å². The molecule has 0 spiro atoms. The summed E-state index contributed by atoms with van der Waals surface area (Å²) in [4.78, 5) is 12.6. The summed E-state index contributed by atoms with van der Waals surface area (Å²) in [6.45, 7) is 3.67. The first-order valence-electron chi connectivity index (χ1n) is 7.47. The molecule has 4 nitrogen and oxygen atoms in total. The smallest absolute Gasteiger partial charge is 0.193 e. The highest BCUT2D eigenvalue weighted by Crippen LogP contribution is 2.39. The second kappa shape index (κ2) is 8.02. The summed E-state index contributed by atoms with van der Waals surface area (Å²) in [5.74, 6) is 0.225. The average molecular weight is 324 g/mol. The number of hydrogen-bond donors (Lipinski definition) is 1. The average Bonchev–Trinajstić information content (AvgIpc) is 2.62. The molecule has 0 amide bonds. The predicted octanol–water partition coefficient (Wildman–Crippen LogP) is 4.03. The van der Waals surface area contributed by atoms with Crippen LogP contribution < -0.4 is 9.47 Å². The van der Waals surface area contributed by atoms with Crippen LogP contribution in [-0.2, 0) is 6.42 Å². The molecule has 0 saturated carbocycles. The van der Waals surface area contributed by atoms with E-state index >= 15 is 0 Å². The van der Waals surface area contributed by atoms with E-state index in [-0.39, 0.29) is 22.8 Å². The normalized spacial score (nSPS) is 10.6. The van der Waals surface area contributed by atoms with Crippen molar-refractivity contribution in [3.63, 3.8) is 0 Å². The van der Waals surface area contributed by atoms with Gasteiger partial charge in [-0.05, 0) is 18.1 Å². The van der Waals surface area contributed by atoms with Crippen LogP contribution in [0.2, 0.25) is 0 Å². The molecule has 0 radical (unpaired) electrons. The molecule has 2 aromatic carbocycles. The fourth-order valence-electron chi connectivity index (χ4n) is 2.40. The minimum Gasteiger partial charge on any atom is -0.507 e. The van der Waals surface area contributed by atoms with Gasteiger partial charge < -0.3 is 14.6 Å². The maximum absolute atomic E-state index is 12.6. The third-order valence-corrected chi connectivity index (χ3v) is 3.59. The summed E-state index contributed by atoms with van der Waals surface area (Å²) >= 11 is 0. The second-order valence-corrected chi connectivity index (χ2v) is 5.08. The highest BCUT2D eigenvalue weighted by atomic mass is 16.5. The van der Waals surface area contributed by atoms with Crippen molar-refractivity contribution in [2.75, 3.05) is 14.2 Å². The van der Waals surface area contributed by atoms with Crippen LogP contribution in [0.15, 0.2) is 55.1 Å². The van der Waals surface area contributed by atoms with Crippen LogP contribution in [0.5, 0.6) is 17.2 Å². The molecule has 0 aliphatic heterocycles. The number of aromatic hydroxyl groups is 1. The first kappa shape index (κ1) is 17.3. The van der Waals surface area contributed by atoms with Crippen molar-refractivity contribution in [2.45, 2.75) is 6.42 Å². The largest absolute Gasteiger partial charge is 0.507 e. The van der Waals surface area contributed by atoms with E-state index < -0.39 is 0 Å². The molecule has 1 N–H and O–H groups in total. The van der Waals surface area contributed by atoms with Crippen LogP contribution >= 0.6 is 0 Å². The number of methoxy groups -OCH3 is 2. The van der Waals surface area contributed by atoms with Crippen molar-refractivity contribution in [1.82, 2.24) is 0 Å². The Morgan fingerprint density at radius 3 is 2.42 bits per heavy atom. The van der Waals surface area contributed by atoms with Gasteiger partial charge in [-0.15, -0.1) is 6.58 Å². The number of phenolic OH excluding ortho intramolecular Hbond substituents is 1. The first-order valence-corrected chi connectivity index (χ1v) is 7.47. The minimum atomic E-state index is -0.346. The van der Waals surface area contributed by atoms with Gasteiger partial charge in [-0.25, -0.2) is 0 Å². The molecule has 0 aromatic heterocycles. The Bertz CT molecular complexity index is 761. The van der Waals surface area contributed by atoms with Gasteiger partial charge in [0.05, 0.1) is 14.2 Å². The molecule has 0 bridgehead atoms. The lowest BCUT2D eigenvalue weighted by Gasteiger charge is -2.15. The summed E-state index contributed by atoms with van der Waals surface area (Å²) < 4.78 is 10.5. The van der Waals surface area contributed by atoms with Crippen LogP contribution in [0.4, 0.5) is 0 Å². The SMILES string of the molecule is C=CCc1c(OC)cc(OC)c(C(=O)/C=C/c2ccccc2)c1O. The maximum Gasteiger partial charge on any atom is 0.193 e. The number of phenols is 1. The Kier molecular flexibility index (Phi) is 5.79. The van der Waals surface area contributed by atoms with E-state index in [2.05, 4.69) is 6.58 Å². The van der Waals surface area contributed by atoms with E-state index in [1.807, 2.05) is 30.3 Å². The van der Waals surface area contributed by atoms with Crippen molar-refractivity contribution in [1.29, 1.82) is 0 Å². The molecule has 0 aliphatic rings. The number of allylic oxidation sites excluding steroid dienone is 2. The van der Waals surface area contributed by atoms with Gasteiger partial charge in [-0.2, -0.15) is 0 Å². The lowest BCUT2D eigenvalue weighted by Crippen LogP contribution is -2.04. The van der Waals surface area contributed by atoms with E-state index in [4.69, 9.17) is 9.47 Å². The molecule has 2 aromatic rings. The number of carbonyl (C=O) groups is 1. The van der Waals surface area contributed by atoms with Crippen LogP contribution in [0, 0.1) is 0 Å². The number of rotatable bonds is 7. The lowest BCUT2D eigenvalue weighted by atomic mass is 9.99. The van der Waals surface area contributed by atoms with Gasteiger partial charge in [0.2, 0.25) is 0 Å². The Morgan fingerprint density at radius 2 is 1.83 bits per heavy atom. The number of benzene rings is 2. The topological polar surface area (TPSA) is 55.8 Å². The van der Waals surface area contributed by atoms with Crippen LogP contribution in [-0.4, -0.2) is 25.1 Å². The van der Waals surface area contributed by atoms with Crippen LogP contribution in [0.25, 0.3) is 6.08 Å². The molecule has 124 valence electrons. The molecule has 0 saturated heterocycles. The van der Waals surface area contributed by atoms with Crippen LogP contribution in [0.3, 0.4) is 0 Å². The fourth-order valence-corrected chi connectivity index (χ4v) is 2.40. The summed E-state index contributed by atoms with van der Waals surface area (Å²) in [6.07, 6.45) is 5.12. The van der Waals surface area contributed by atoms with Gasteiger partial charge in [0.1, 0.15) is 22.8 Å². The Hall–Kier alpha value is -3.01. The Balaban J connectivity index is 2.47. The number of ketones is 1. The molecule has 24 heavy (non-hydrogen) atoms. The molecule has 0 heterocycles. The highest BCUT2D eigenvalue weighted by molar-refractivity contribution is 6.11. The van der Waals surface area contributed by atoms with Crippen molar-refractivity contribution in [3.05, 3.63) is 71.8 Å². The van der Waals surface area contributed by atoms with E-state index in [0.717, 1.165) is 5.56 Å². The first-order chi connectivity index (χ1) is 11.6. The maximum atomic E-state index is 12.6. The second-order valence-electron chi connectivity index (χ2n) is 5.08. The number of carbonyl (C=O) groups excluding carboxylic acids is 1. The molecular weight excluding hydrogens is 304 g/mol. The summed E-state index contributed by atoms with van der Waals surface area (Å²) in [5, 5.41) is 10.5. The Labute approximate surface area is 141 Å². The zero-order valence-corrected chi connectivity index (χ0v) is 13.8. The zero-order valence-electron chi connectivity index (χ0n) is 13.8. The summed E-state index contributed by atoms with van der Waals surface area (Å²) in [7, 11) is 2.94. The minimum absolute atomic E-state index is 0.113. The molecule has 4 heteroatoms. The molecular formula is C20H20O4. The zero-order chi connectivity index (χ0) is 17.5. The number of ether oxygens (including phenoxy) is 2. The quantitative estimate of drug-likeness (QED) is 0.474. The monoisotopic (exact) mass is 324 g/mol. The summed E-state index contributed by atoms with van der Waals surface area (Å²) in [5.41, 5.74) is 1.51. The molecule has 0 aliphatic carbocycles. The van der Waals surface area contributed by atoms with Crippen molar-refractivity contribution >= 4 is 11.9 Å². The van der Waals surface area contributed by atoms with Crippen molar-refractivity contribution in [3.8, 4) is 17.2 Å². The highest BCUT2D eigenvalue weighted by Gasteiger charge is 2.22.